The summed E-state index contributed by atoms with van der Waals surface area (Å²) in [7, 11) is 0. The molecule has 4 nitrogen and oxygen atoms in total. The minimum absolute atomic E-state index is 0.0375. The molecule has 140 valence electrons. The van der Waals surface area contributed by atoms with Gasteiger partial charge in [0.25, 0.3) is 5.91 Å². The zero-order valence-electron chi connectivity index (χ0n) is 15.9. The van der Waals surface area contributed by atoms with Crippen LogP contribution in [0.15, 0.2) is 57.9 Å². The number of rotatable bonds is 7. The van der Waals surface area contributed by atoms with Crippen molar-refractivity contribution >= 4 is 17.7 Å². The number of aryl methyl sites for hydroxylation is 3. The largest absolute Gasteiger partial charge is 0.361 e. The van der Waals surface area contributed by atoms with Gasteiger partial charge in [-0.3, -0.25) is 4.79 Å². The molecule has 0 saturated carbocycles. The Balaban J connectivity index is 1.61. The summed E-state index contributed by atoms with van der Waals surface area (Å²) in [4.78, 5) is 13.6. The van der Waals surface area contributed by atoms with Crippen molar-refractivity contribution < 1.29 is 9.32 Å². The summed E-state index contributed by atoms with van der Waals surface area (Å²) in [6, 6.07) is 16.1. The van der Waals surface area contributed by atoms with Gasteiger partial charge in [-0.2, -0.15) is 0 Å². The van der Waals surface area contributed by atoms with Gasteiger partial charge in [0, 0.05) is 22.8 Å². The Bertz CT molecular complexity index is 914. The Hall–Kier alpha value is -2.53. The number of amides is 1. The van der Waals surface area contributed by atoms with Crippen molar-refractivity contribution in [3.63, 3.8) is 0 Å². The number of carbonyl (C=O) groups excluding carboxylic acids is 1. The van der Waals surface area contributed by atoms with Gasteiger partial charge < -0.3 is 9.84 Å². The molecule has 0 radical (unpaired) electrons. The van der Waals surface area contributed by atoms with E-state index in [4.69, 9.17) is 4.52 Å². The van der Waals surface area contributed by atoms with Gasteiger partial charge >= 0.3 is 0 Å². The van der Waals surface area contributed by atoms with Crippen molar-refractivity contribution in [3.8, 4) is 0 Å². The molecule has 1 heterocycles. The fourth-order valence-corrected chi connectivity index (χ4v) is 4.12. The first kappa shape index (κ1) is 19.2. The molecule has 0 unspecified atom stereocenters. The highest BCUT2D eigenvalue weighted by Crippen LogP contribution is 2.28. The summed E-state index contributed by atoms with van der Waals surface area (Å²) in [6.07, 6.45) is 0.821. The van der Waals surface area contributed by atoms with Crippen LogP contribution in [0.25, 0.3) is 0 Å². The molecule has 0 aliphatic carbocycles. The molecular weight excluding hydrogens is 356 g/mol. The first-order valence-electron chi connectivity index (χ1n) is 9.02. The van der Waals surface area contributed by atoms with E-state index in [1.807, 2.05) is 44.2 Å². The molecule has 0 fully saturated rings. The average molecular weight is 381 g/mol. The number of aromatic nitrogens is 1. The second-order valence-corrected chi connectivity index (χ2v) is 7.60. The van der Waals surface area contributed by atoms with Crippen LogP contribution in [0.4, 0.5) is 0 Å². The Morgan fingerprint density at radius 2 is 1.93 bits per heavy atom. The quantitative estimate of drug-likeness (QED) is 0.595. The maximum atomic E-state index is 12.7. The number of thioether (sulfide) groups is 1. The van der Waals surface area contributed by atoms with Crippen molar-refractivity contribution in [1.82, 2.24) is 10.5 Å². The van der Waals surface area contributed by atoms with Crippen LogP contribution in [0, 0.1) is 20.8 Å². The SMILES string of the molecule is Cc1cccc(CCNC(=O)c2ccccc2SCc2c(C)noc2C)c1. The number of nitrogens with zero attached hydrogens (tertiary/aromatic N) is 1. The van der Waals surface area contributed by atoms with Gasteiger partial charge in [-0.25, -0.2) is 0 Å². The van der Waals surface area contributed by atoms with Crippen LogP contribution in [0.2, 0.25) is 0 Å². The van der Waals surface area contributed by atoms with E-state index in [0.717, 1.165) is 34.1 Å². The van der Waals surface area contributed by atoms with E-state index in [1.165, 1.54) is 11.1 Å². The molecule has 5 heteroatoms. The molecule has 1 aromatic heterocycles. The standard InChI is InChI=1S/C22H24N2O2S/c1-15-7-6-8-18(13-15)11-12-23-22(25)19-9-4-5-10-21(19)27-14-20-16(2)24-26-17(20)3/h4-10,13H,11-12,14H2,1-3H3,(H,23,25). The molecule has 0 saturated heterocycles. The van der Waals surface area contributed by atoms with Crippen molar-refractivity contribution in [2.45, 2.75) is 37.8 Å². The van der Waals surface area contributed by atoms with E-state index < -0.39 is 0 Å². The predicted molar refractivity (Wildman–Crippen MR) is 109 cm³/mol. The highest BCUT2D eigenvalue weighted by molar-refractivity contribution is 7.98. The fourth-order valence-electron chi connectivity index (χ4n) is 2.92. The van der Waals surface area contributed by atoms with Gasteiger partial charge in [-0.15, -0.1) is 11.8 Å². The Morgan fingerprint density at radius 1 is 1.11 bits per heavy atom. The maximum absolute atomic E-state index is 12.7. The zero-order valence-corrected chi connectivity index (χ0v) is 16.7. The van der Waals surface area contributed by atoms with Crippen LogP contribution in [-0.4, -0.2) is 17.6 Å². The highest BCUT2D eigenvalue weighted by atomic mass is 32.2. The zero-order chi connectivity index (χ0) is 19.2. The van der Waals surface area contributed by atoms with Gasteiger partial charge in [0.15, 0.2) is 0 Å². The summed E-state index contributed by atoms with van der Waals surface area (Å²) in [5, 5.41) is 7.03. The molecule has 1 amide bonds. The third-order valence-electron chi connectivity index (χ3n) is 4.47. The van der Waals surface area contributed by atoms with Gasteiger partial charge in [-0.1, -0.05) is 47.1 Å². The normalized spacial score (nSPS) is 10.8. The lowest BCUT2D eigenvalue weighted by Crippen LogP contribution is -2.26. The van der Waals surface area contributed by atoms with Crippen LogP contribution in [0.5, 0.6) is 0 Å². The number of carbonyl (C=O) groups is 1. The van der Waals surface area contributed by atoms with Crippen molar-refractivity contribution in [1.29, 1.82) is 0 Å². The van der Waals surface area contributed by atoms with Crippen LogP contribution in [0.3, 0.4) is 0 Å². The first-order valence-corrected chi connectivity index (χ1v) is 10.0. The van der Waals surface area contributed by atoms with Crippen molar-refractivity contribution in [2.24, 2.45) is 0 Å². The lowest BCUT2D eigenvalue weighted by atomic mass is 10.1. The second-order valence-electron chi connectivity index (χ2n) is 6.58. The van der Waals surface area contributed by atoms with E-state index >= 15 is 0 Å². The Labute approximate surface area is 164 Å². The third kappa shape index (κ3) is 5.01. The molecule has 0 atom stereocenters. The fraction of sp³-hybridized carbons (Fsp3) is 0.273. The third-order valence-corrected chi connectivity index (χ3v) is 5.57. The summed E-state index contributed by atoms with van der Waals surface area (Å²) in [5.41, 5.74) is 5.17. The van der Waals surface area contributed by atoms with Crippen LogP contribution < -0.4 is 5.32 Å². The van der Waals surface area contributed by atoms with E-state index in [0.29, 0.717) is 12.1 Å². The van der Waals surface area contributed by atoms with Gasteiger partial charge in [0.1, 0.15) is 5.76 Å². The summed E-state index contributed by atoms with van der Waals surface area (Å²) in [5.74, 6) is 1.53. The molecule has 0 bridgehead atoms. The molecule has 1 N–H and O–H groups in total. The molecular formula is C22H24N2O2S. The number of hydrogen-bond acceptors (Lipinski definition) is 4. The Morgan fingerprint density at radius 3 is 2.67 bits per heavy atom. The highest BCUT2D eigenvalue weighted by Gasteiger charge is 2.14. The minimum atomic E-state index is -0.0375. The van der Waals surface area contributed by atoms with Gasteiger partial charge in [0.05, 0.1) is 11.3 Å². The summed E-state index contributed by atoms with van der Waals surface area (Å²) >= 11 is 1.63. The molecule has 3 rings (SSSR count). The summed E-state index contributed by atoms with van der Waals surface area (Å²) in [6.45, 7) is 6.55. The predicted octanol–water partition coefficient (Wildman–Crippen LogP) is 4.86. The molecule has 3 aromatic rings. The monoisotopic (exact) mass is 380 g/mol. The van der Waals surface area contributed by atoms with E-state index in [9.17, 15) is 4.79 Å². The lowest BCUT2D eigenvalue weighted by molar-refractivity contribution is 0.0951. The maximum Gasteiger partial charge on any atom is 0.252 e. The summed E-state index contributed by atoms with van der Waals surface area (Å²) < 4.78 is 5.22. The smallest absolute Gasteiger partial charge is 0.252 e. The first-order chi connectivity index (χ1) is 13.0. The second kappa shape index (κ2) is 8.91. The topological polar surface area (TPSA) is 55.1 Å². The van der Waals surface area contributed by atoms with Crippen LogP contribution >= 0.6 is 11.8 Å². The Kier molecular flexibility index (Phi) is 6.35. The van der Waals surface area contributed by atoms with Crippen molar-refractivity contribution in [3.05, 3.63) is 82.2 Å². The lowest BCUT2D eigenvalue weighted by Gasteiger charge is -2.10. The van der Waals surface area contributed by atoms with Gasteiger partial charge in [-0.05, 0) is 44.9 Å². The van der Waals surface area contributed by atoms with Crippen molar-refractivity contribution in [2.75, 3.05) is 6.54 Å². The number of nitrogens with one attached hydrogen (secondary N) is 1. The van der Waals surface area contributed by atoms with Crippen LogP contribution in [-0.2, 0) is 12.2 Å². The molecule has 0 aliphatic heterocycles. The molecule has 0 spiro atoms. The number of benzene rings is 2. The van der Waals surface area contributed by atoms with Crippen LogP contribution in [0.1, 0.15) is 38.5 Å². The number of hydrogen-bond donors (Lipinski definition) is 1. The molecule has 2 aromatic carbocycles. The average Bonchev–Trinajstić information content (AvgIpc) is 2.98. The molecule has 0 aliphatic rings. The minimum Gasteiger partial charge on any atom is -0.361 e. The van der Waals surface area contributed by atoms with E-state index in [-0.39, 0.29) is 5.91 Å². The van der Waals surface area contributed by atoms with E-state index in [1.54, 1.807) is 11.8 Å². The van der Waals surface area contributed by atoms with Gasteiger partial charge in [0.2, 0.25) is 0 Å². The molecule has 27 heavy (non-hydrogen) atoms. The van der Waals surface area contributed by atoms with E-state index in [2.05, 4.69) is 35.6 Å².